The van der Waals surface area contributed by atoms with Gasteiger partial charge in [0.25, 0.3) is 5.91 Å². The van der Waals surface area contributed by atoms with Crippen molar-refractivity contribution < 1.29 is 9.53 Å². The van der Waals surface area contributed by atoms with Gasteiger partial charge >= 0.3 is 0 Å². The molecule has 0 aromatic heterocycles. The Kier molecular flexibility index (Phi) is 4.86. The van der Waals surface area contributed by atoms with E-state index in [1.807, 2.05) is 79.7 Å². The number of ether oxygens (including phenoxy) is 1. The standard InChI is InChI=1S/C22H19BrN2O2/c1-2-27-16-13-11-15(12-14-16)25-21(24-20-10-6-5-9-19(20)23)17-7-3-4-8-18(17)22(25)26/h3-14,21,24H,2H2,1H3/t21-/m0/s1. The Labute approximate surface area is 166 Å². The lowest BCUT2D eigenvalue weighted by Gasteiger charge is -2.27. The number of fused-ring (bicyclic) bond motifs is 1. The summed E-state index contributed by atoms with van der Waals surface area (Å²) in [5.41, 5.74) is 3.44. The maximum Gasteiger partial charge on any atom is 0.260 e. The van der Waals surface area contributed by atoms with Crippen LogP contribution in [-0.2, 0) is 0 Å². The Balaban J connectivity index is 1.74. The first-order valence-corrected chi connectivity index (χ1v) is 9.64. The van der Waals surface area contributed by atoms with Gasteiger partial charge < -0.3 is 10.1 Å². The Hall–Kier alpha value is -2.79. The highest BCUT2D eigenvalue weighted by atomic mass is 79.9. The number of amides is 1. The molecular formula is C22H19BrN2O2. The lowest BCUT2D eigenvalue weighted by molar-refractivity contribution is 0.0993. The van der Waals surface area contributed by atoms with Gasteiger partial charge in [-0.1, -0.05) is 30.3 Å². The summed E-state index contributed by atoms with van der Waals surface area (Å²) in [5, 5.41) is 3.51. The van der Waals surface area contributed by atoms with Crippen LogP contribution in [-0.4, -0.2) is 12.5 Å². The molecule has 3 aromatic carbocycles. The molecule has 0 saturated carbocycles. The summed E-state index contributed by atoms with van der Waals surface area (Å²) in [7, 11) is 0. The molecule has 1 amide bonds. The third kappa shape index (κ3) is 3.30. The van der Waals surface area contributed by atoms with Gasteiger partial charge in [0.05, 0.1) is 12.3 Å². The molecule has 1 N–H and O–H groups in total. The summed E-state index contributed by atoms with van der Waals surface area (Å²) in [6.07, 6.45) is -0.287. The van der Waals surface area contributed by atoms with Crippen molar-refractivity contribution >= 4 is 33.2 Å². The number of para-hydroxylation sites is 1. The van der Waals surface area contributed by atoms with E-state index in [1.54, 1.807) is 4.90 Å². The SMILES string of the molecule is CCOc1ccc(N2C(=O)c3ccccc3[C@H]2Nc2ccccc2Br)cc1. The summed E-state index contributed by atoms with van der Waals surface area (Å²) in [6, 6.07) is 23.3. The van der Waals surface area contributed by atoms with Crippen LogP contribution in [0.15, 0.2) is 77.3 Å². The normalized spacial score (nSPS) is 15.6. The Morgan fingerprint density at radius 2 is 1.70 bits per heavy atom. The third-order valence-corrected chi connectivity index (χ3v) is 5.25. The first-order valence-electron chi connectivity index (χ1n) is 8.85. The van der Waals surface area contributed by atoms with Crippen LogP contribution in [0.2, 0.25) is 0 Å². The fraction of sp³-hybridized carbons (Fsp3) is 0.136. The molecule has 0 aliphatic carbocycles. The number of carbonyl (C=O) groups is 1. The monoisotopic (exact) mass is 422 g/mol. The van der Waals surface area contributed by atoms with E-state index in [9.17, 15) is 4.79 Å². The number of hydrogen-bond acceptors (Lipinski definition) is 3. The van der Waals surface area contributed by atoms with E-state index >= 15 is 0 Å². The Morgan fingerprint density at radius 3 is 2.44 bits per heavy atom. The van der Waals surface area contributed by atoms with Crippen LogP contribution in [0.5, 0.6) is 5.75 Å². The number of nitrogens with zero attached hydrogens (tertiary/aromatic N) is 1. The van der Waals surface area contributed by atoms with Gasteiger partial charge in [-0.05, 0) is 65.3 Å². The van der Waals surface area contributed by atoms with E-state index in [4.69, 9.17) is 4.74 Å². The van der Waals surface area contributed by atoms with E-state index in [1.165, 1.54) is 0 Å². The summed E-state index contributed by atoms with van der Waals surface area (Å²) in [4.78, 5) is 14.9. The summed E-state index contributed by atoms with van der Waals surface area (Å²) < 4.78 is 6.48. The van der Waals surface area contributed by atoms with Crippen molar-refractivity contribution in [1.82, 2.24) is 0 Å². The zero-order valence-electron chi connectivity index (χ0n) is 14.9. The van der Waals surface area contributed by atoms with E-state index in [0.29, 0.717) is 6.61 Å². The smallest absolute Gasteiger partial charge is 0.260 e. The van der Waals surface area contributed by atoms with E-state index in [-0.39, 0.29) is 12.1 Å². The number of carbonyl (C=O) groups excluding carboxylic acids is 1. The fourth-order valence-electron chi connectivity index (χ4n) is 3.32. The van der Waals surface area contributed by atoms with Crippen LogP contribution in [0.25, 0.3) is 0 Å². The van der Waals surface area contributed by atoms with Crippen LogP contribution >= 0.6 is 15.9 Å². The number of rotatable bonds is 5. The zero-order valence-corrected chi connectivity index (χ0v) is 16.4. The predicted octanol–water partition coefficient (Wildman–Crippen LogP) is 5.62. The van der Waals surface area contributed by atoms with Crippen molar-refractivity contribution in [3.05, 3.63) is 88.4 Å². The molecule has 5 heteroatoms. The molecule has 0 bridgehead atoms. The minimum atomic E-state index is -0.287. The molecule has 1 heterocycles. The lowest BCUT2D eigenvalue weighted by atomic mass is 10.1. The molecule has 27 heavy (non-hydrogen) atoms. The van der Waals surface area contributed by atoms with E-state index in [2.05, 4.69) is 21.2 Å². The van der Waals surface area contributed by atoms with Gasteiger partial charge in [0.2, 0.25) is 0 Å². The molecule has 4 rings (SSSR count). The van der Waals surface area contributed by atoms with Crippen molar-refractivity contribution in [3.8, 4) is 5.75 Å². The van der Waals surface area contributed by atoms with E-state index in [0.717, 1.165) is 32.7 Å². The topological polar surface area (TPSA) is 41.6 Å². The average molecular weight is 423 g/mol. The van der Waals surface area contributed by atoms with Crippen molar-refractivity contribution in [2.24, 2.45) is 0 Å². The quantitative estimate of drug-likeness (QED) is 0.579. The predicted molar refractivity (Wildman–Crippen MR) is 111 cm³/mol. The van der Waals surface area contributed by atoms with Crippen LogP contribution in [0, 0.1) is 0 Å². The lowest BCUT2D eigenvalue weighted by Crippen LogP contribution is -2.32. The van der Waals surface area contributed by atoms with Crippen molar-refractivity contribution in [2.45, 2.75) is 13.1 Å². The largest absolute Gasteiger partial charge is 0.494 e. The zero-order chi connectivity index (χ0) is 18.8. The number of nitrogens with one attached hydrogen (secondary N) is 1. The molecule has 136 valence electrons. The number of hydrogen-bond donors (Lipinski definition) is 1. The molecule has 0 fully saturated rings. The second-order valence-electron chi connectivity index (χ2n) is 6.22. The molecule has 3 aromatic rings. The highest BCUT2D eigenvalue weighted by molar-refractivity contribution is 9.10. The van der Waals surface area contributed by atoms with Gasteiger partial charge in [0, 0.05) is 21.3 Å². The average Bonchev–Trinajstić information content (AvgIpc) is 2.97. The van der Waals surface area contributed by atoms with Crippen molar-refractivity contribution in [3.63, 3.8) is 0 Å². The first kappa shape index (κ1) is 17.6. The Bertz CT molecular complexity index is 972. The van der Waals surface area contributed by atoms with Crippen molar-refractivity contribution in [1.29, 1.82) is 0 Å². The van der Waals surface area contributed by atoms with E-state index < -0.39 is 0 Å². The minimum absolute atomic E-state index is 0.0145. The van der Waals surface area contributed by atoms with Crippen molar-refractivity contribution in [2.75, 3.05) is 16.8 Å². The first-order chi connectivity index (χ1) is 13.2. The summed E-state index contributed by atoms with van der Waals surface area (Å²) in [6.45, 7) is 2.56. The molecule has 0 spiro atoms. The maximum absolute atomic E-state index is 13.1. The summed E-state index contributed by atoms with van der Waals surface area (Å²) in [5.74, 6) is 0.778. The van der Waals surface area contributed by atoms with Crippen LogP contribution < -0.4 is 15.0 Å². The van der Waals surface area contributed by atoms with Gasteiger partial charge in [0.1, 0.15) is 11.9 Å². The van der Waals surface area contributed by atoms with Gasteiger partial charge in [-0.3, -0.25) is 9.69 Å². The highest BCUT2D eigenvalue weighted by Gasteiger charge is 2.37. The summed E-state index contributed by atoms with van der Waals surface area (Å²) >= 11 is 3.58. The van der Waals surface area contributed by atoms with Gasteiger partial charge in [-0.15, -0.1) is 0 Å². The highest BCUT2D eigenvalue weighted by Crippen LogP contribution is 2.39. The van der Waals surface area contributed by atoms with Crippen LogP contribution in [0.1, 0.15) is 29.0 Å². The molecule has 4 nitrogen and oxygen atoms in total. The molecule has 0 radical (unpaired) electrons. The molecular weight excluding hydrogens is 404 g/mol. The Morgan fingerprint density at radius 1 is 1.00 bits per heavy atom. The third-order valence-electron chi connectivity index (χ3n) is 4.55. The molecule has 1 atom stereocenters. The van der Waals surface area contributed by atoms with Crippen LogP contribution in [0.4, 0.5) is 11.4 Å². The molecule has 0 unspecified atom stereocenters. The fourth-order valence-corrected chi connectivity index (χ4v) is 3.72. The minimum Gasteiger partial charge on any atom is -0.494 e. The van der Waals surface area contributed by atoms with Gasteiger partial charge in [-0.25, -0.2) is 0 Å². The second kappa shape index (κ2) is 7.45. The van der Waals surface area contributed by atoms with Crippen LogP contribution in [0.3, 0.4) is 0 Å². The number of benzene rings is 3. The molecule has 0 saturated heterocycles. The van der Waals surface area contributed by atoms with Gasteiger partial charge in [0.15, 0.2) is 0 Å². The molecule has 1 aliphatic rings. The second-order valence-corrected chi connectivity index (χ2v) is 7.07. The maximum atomic E-state index is 13.1. The number of anilines is 2. The number of halogens is 1. The van der Waals surface area contributed by atoms with Gasteiger partial charge in [-0.2, -0.15) is 0 Å². The molecule has 1 aliphatic heterocycles.